The zero-order valence-corrected chi connectivity index (χ0v) is 13.7. The van der Waals surface area contributed by atoms with Gasteiger partial charge >= 0.3 is 12.2 Å². The number of nitrogens with zero attached hydrogens (tertiary/aromatic N) is 1. The standard InChI is InChI=1S/C15H27F3N2O2/c1-10(21)8-11-6-5-7-20(11)13(22)19-12(15(16,17)18)9-14(2,3)4/h10-12,21H,5-9H2,1-4H3,(H,19,22)/t10-,11-,12-/m0/s1. The van der Waals surface area contributed by atoms with Gasteiger partial charge in [-0.15, -0.1) is 0 Å². The Morgan fingerprint density at radius 3 is 2.41 bits per heavy atom. The van der Waals surface area contributed by atoms with Gasteiger partial charge in [-0.2, -0.15) is 13.2 Å². The van der Waals surface area contributed by atoms with Crippen LogP contribution in [-0.2, 0) is 0 Å². The molecule has 0 saturated carbocycles. The van der Waals surface area contributed by atoms with Crippen molar-refractivity contribution in [3.05, 3.63) is 0 Å². The fourth-order valence-corrected chi connectivity index (χ4v) is 2.83. The van der Waals surface area contributed by atoms with Crippen LogP contribution in [0.25, 0.3) is 0 Å². The number of carbonyl (C=O) groups excluding carboxylic acids is 1. The Kier molecular flexibility index (Phi) is 6.12. The highest BCUT2D eigenvalue weighted by molar-refractivity contribution is 5.75. The highest BCUT2D eigenvalue weighted by atomic mass is 19.4. The van der Waals surface area contributed by atoms with E-state index in [4.69, 9.17) is 0 Å². The van der Waals surface area contributed by atoms with Crippen molar-refractivity contribution in [1.29, 1.82) is 0 Å². The number of urea groups is 1. The van der Waals surface area contributed by atoms with E-state index in [0.29, 0.717) is 19.4 Å². The Bertz CT molecular complexity index is 378. The third kappa shape index (κ3) is 6.02. The average Bonchev–Trinajstić information content (AvgIpc) is 2.72. The first-order chi connectivity index (χ1) is 9.90. The lowest BCUT2D eigenvalue weighted by molar-refractivity contribution is -0.159. The molecule has 0 bridgehead atoms. The summed E-state index contributed by atoms with van der Waals surface area (Å²) in [6.07, 6.45) is -3.36. The van der Waals surface area contributed by atoms with Crippen LogP contribution in [0.3, 0.4) is 0 Å². The second-order valence-electron chi connectivity index (χ2n) is 7.38. The van der Waals surface area contributed by atoms with E-state index < -0.39 is 29.8 Å². The maximum atomic E-state index is 13.1. The zero-order valence-electron chi connectivity index (χ0n) is 13.7. The molecule has 130 valence electrons. The number of aliphatic hydroxyl groups is 1. The molecule has 2 N–H and O–H groups in total. The molecule has 1 fully saturated rings. The first kappa shape index (κ1) is 19.1. The van der Waals surface area contributed by atoms with Crippen LogP contribution in [-0.4, -0.2) is 46.9 Å². The van der Waals surface area contributed by atoms with Gasteiger partial charge in [0.1, 0.15) is 6.04 Å². The normalized spacial score (nSPS) is 22.5. The van der Waals surface area contributed by atoms with Crippen LogP contribution in [0.15, 0.2) is 0 Å². The smallest absolute Gasteiger partial charge is 0.393 e. The van der Waals surface area contributed by atoms with E-state index in [0.717, 1.165) is 6.42 Å². The van der Waals surface area contributed by atoms with Crippen LogP contribution in [0.5, 0.6) is 0 Å². The number of hydrogen-bond acceptors (Lipinski definition) is 2. The van der Waals surface area contributed by atoms with Gasteiger partial charge in [0.2, 0.25) is 0 Å². The zero-order chi connectivity index (χ0) is 17.1. The molecule has 0 radical (unpaired) electrons. The molecule has 1 aliphatic heterocycles. The molecule has 0 spiro atoms. The SMILES string of the molecule is C[C@H](O)C[C@@H]1CCCN1C(=O)N[C@@H](CC(C)(C)C)C(F)(F)F. The topological polar surface area (TPSA) is 52.6 Å². The first-order valence-corrected chi connectivity index (χ1v) is 7.72. The van der Waals surface area contributed by atoms with Gasteiger partial charge in [0.25, 0.3) is 0 Å². The maximum Gasteiger partial charge on any atom is 0.408 e. The summed E-state index contributed by atoms with van der Waals surface area (Å²) in [7, 11) is 0. The summed E-state index contributed by atoms with van der Waals surface area (Å²) in [6.45, 7) is 7.19. The lowest BCUT2D eigenvalue weighted by atomic mass is 9.88. The Morgan fingerprint density at radius 2 is 1.95 bits per heavy atom. The Morgan fingerprint density at radius 1 is 1.36 bits per heavy atom. The van der Waals surface area contributed by atoms with E-state index in [-0.39, 0.29) is 12.5 Å². The van der Waals surface area contributed by atoms with Gasteiger partial charge in [-0.25, -0.2) is 4.79 Å². The molecule has 0 aromatic heterocycles. The molecular formula is C15H27F3N2O2. The van der Waals surface area contributed by atoms with E-state index in [1.807, 2.05) is 0 Å². The first-order valence-electron chi connectivity index (χ1n) is 7.72. The predicted octanol–water partition coefficient (Wildman–Crippen LogP) is 3.30. The summed E-state index contributed by atoms with van der Waals surface area (Å²) < 4.78 is 39.4. The van der Waals surface area contributed by atoms with Gasteiger partial charge in [0.05, 0.1) is 6.10 Å². The van der Waals surface area contributed by atoms with Crippen molar-refractivity contribution in [3.63, 3.8) is 0 Å². The third-order valence-electron chi connectivity index (χ3n) is 3.76. The number of hydrogen-bond donors (Lipinski definition) is 2. The van der Waals surface area contributed by atoms with Crippen LogP contribution in [0.4, 0.5) is 18.0 Å². The highest BCUT2D eigenvalue weighted by Gasteiger charge is 2.44. The van der Waals surface area contributed by atoms with E-state index in [1.54, 1.807) is 27.7 Å². The number of alkyl halides is 3. The summed E-state index contributed by atoms with van der Waals surface area (Å²) in [5, 5.41) is 11.6. The van der Waals surface area contributed by atoms with Crippen molar-refractivity contribution in [1.82, 2.24) is 10.2 Å². The summed E-state index contributed by atoms with van der Waals surface area (Å²) in [6, 6.07) is -2.73. The number of amides is 2. The molecule has 0 aromatic rings. The van der Waals surface area contributed by atoms with E-state index in [9.17, 15) is 23.1 Å². The minimum absolute atomic E-state index is 0.169. The van der Waals surface area contributed by atoms with Crippen molar-refractivity contribution in [3.8, 4) is 0 Å². The van der Waals surface area contributed by atoms with Crippen LogP contribution >= 0.6 is 0 Å². The minimum atomic E-state index is -4.47. The summed E-state index contributed by atoms with van der Waals surface area (Å²) in [4.78, 5) is 13.6. The van der Waals surface area contributed by atoms with Crippen LogP contribution < -0.4 is 5.32 Å². The van der Waals surface area contributed by atoms with Gasteiger partial charge in [0, 0.05) is 12.6 Å². The Balaban J connectivity index is 2.74. The summed E-state index contributed by atoms with van der Waals surface area (Å²) in [5.41, 5.74) is -0.544. The van der Waals surface area contributed by atoms with E-state index >= 15 is 0 Å². The van der Waals surface area contributed by atoms with Crippen molar-refractivity contribution < 1.29 is 23.1 Å². The van der Waals surface area contributed by atoms with Crippen molar-refractivity contribution in [2.75, 3.05) is 6.54 Å². The Labute approximate surface area is 130 Å². The summed E-state index contributed by atoms with van der Waals surface area (Å²) >= 11 is 0. The number of nitrogens with one attached hydrogen (secondary N) is 1. The van der Waals surface area contributed by atoms with Crippen molar-refractivity contribution in [2.24, 2.45) is 5.41 Å². The van der Waals surface area contributed by atoms with Crippen molar-refractivity contribution >= 4 is 6.03 Å². The largest absolute Gasteiger partial charge is 0.408 e. The lowest BCUT2D eigenvalue weighted by Gasteiger charge is -2.32. The number of carbonyl (C=O) groups is 1. The predicted molar refractivity (Wildman–Crippen MR) is 78.5 cm³/mol. The fourth-order valence-electron chi connectivity index (χ4n) is 2.83. The Hall–Kier alpha value is -0.980. The minimum Gasteiger partial charge on any atom is -0.393 e. The molecule has 1 saturated heterocycles. The molecule has 0 aliphatic carbocycles. The van der Waals surface area contributed by atoms with Crippen LogP contribution in [0, 0.1) is 5.41 Å². The highest BCUT2D eigenvalue weighted by Crippen LogP contribution is 2.31. The molecule has 22 heavy (non-hydrogen) atoms. The molecule has 0 aromatic carbocycles. The van der Waals surface area contributed by atoms with Gasteiger partial charge in [-0.1, -0.05) is 20.8 Å². The molecule has 1 aliphatic rings. The fraction of sp³-hybridized carbons (Fsp3) is 0.933. The maximum absolute atomic E-state index is 13.1. The molecule has 7 heteroatoms. The molecule has 3 atom stereocenters. The monoisotopic (exact) mass is 324 g/mol. The van der Waals surface area contributed by atoms with E-state index in [2.05, 4.69) is 5.32 Å². The second kappa shape index (κ2) is 7.06. The molecule has 4 nitrogen and oxygen atoms in total. The molecule has 0 unspecified atom stereocenters. The van der Waals surface area contributed by atoms with Gasteiger partial charge in [-0.05, 0) is 38.0 Å². The quantitative estimate of drug-likeness (QED) is 0.834. The molecule has 2 amide bonds. The second-order valence-corrected chi connectivity index (χ2v) is 7.38. The van der Waals surface area contributed by atoms with Crippen molar-refractivity contribution in [2.45, 2.75) is 77.7 Å². The van der Waals surface area contributed by atoms with E-state index in [1.165, 1.54) is 4.90 Å². The van der Waals surface area contributed by atoms with Crippen LogP contribution in [0.1, 0.15) is 53.4 Å². The molecule has 1 heterocycles. The third-order valence-corrected chi connectivity index (χ3v) is 3.76. The number of halogens is 3. The molecular weight excluding hydrogens is 297 g/mol. The number of likely N-dealkylation sites (tertiary alicyclic amines) is 1. The number of rotatable bonds is 4. The van der Waals surface area contributed by atoms with Gasteiger partial charge in [-0.3, -0.25) is 0 Å². The lowest BCUT2D eigenvalue weighted by Crippen LogP contribution is -2.53. The van der Waals surface area contributed by atoms with Crippen LogP contribution in [0.2, 0.25) is 0 Å². The van der Waals surface area contributed by atoms with Gasteiger partial charge < -0.3 is 15.3 Å². The average molecular weight is 324 g/mol. The summed E-state index contributed by atoms with van der Waals surface area (Å²) in [5.74, 6) is 0. The van der Waals surface area contributed by atoms with Gasteiger partial charge in [0.15, 0.2) is 0 Å². The molecule has 1 rings (SSSR count). The number of aliphatic hydroxyl groups excluding tert-OH is 1.